The van der Waals surface area contributed by atoms with Crippen LogP contribution < -0.4 is 10.6 Å². The molecule has 0 unspecified atom stereocenters. The number of hydrogen-bond acceptors (Lipinski definition) is 7. The molecule has 0 aliphatic heterocycles. The van der Waals surface area contributed by atoms with Crippen LogP contribution in [-0.4, -0.2) is 26.9 Å². The average Bonchev–Trinajstić information content (AvgIpc) is 3.21. The summed E-state index contributed by atoms with van der Waals surface area (Å²) in [6.45, 7) is 2.00. The molecule has 0 aliphatic rings. The van der Waals surface area contributed by atoms with Crippen LogP contribution in [-0.2, 0) is 4.79 Å². The van der Waals surface area contributed by atoms with E-state index in [0.717, 1.165) is 24.2 Å². The number of anilines is 2. The predicted molar refractivity (Wildman–Crippen MR) is 115 cm³/mol. The third-order valence-corrected chi connectivity index (χ3v) is 5.06. The minimum absolute atomic E-state index is 0.0191. The fourth-order valence-electron chi connectivity index (χ4n) is 2.62. The van der Waals surface area contributed by atoms with Crippen LogP contribution in [0.3, 0.4) is 0 Å². The highest BCUT2D eigenvalue weighted by atomic mass is 32.1. The van der Waals surface area contributed by atoms with Crippen LogP contribution >= 0.6 is 11.3 Å². The van der Waals surface area contributed by atoms with Gasteiger partial charge in [-0.25, -0.2) is 0 Å². The fourth-order valence-corrected chi connectivity index (χ4v) is 3.36. The summed E-state index contributed by atoms with van der Waals surface area (Å²) in [6, 6.07) is 12.6. The van der Waals surface area contributed by atoms with Gasteiger partial charge in [0.1, 0.15) is 5.01 Å². The number of unbranched alkanes of at least 4 members (excludes halogenated alkanes) is 1. The molecule has 9 nitrogen and oxygen atoms in total. The summed E-state index contributed by atoms with van der Waals surface area (Å²) < 4.78 is 0. The Kier molecular flexibility index (Phi) is 6.81. The third kappa shape index (κ3) is 5.23. The molecule has 1 aromatic heterocycles. The van der Waals surface area contributed by atoms with Gasteiger partial charge in [0.2, 0.25) is 11.0 Å². The summed E-state index contributed by atoms with van der Waals surface area (Å²) in [5.74, 6) is -0.568. The molecule has 0 radical (unpaired) electrons. The molecule has 30 heavy (non-hydrogen) atoms. The normalized spacial score (nSPS) is 10.4. The summed E-state index contributed by atoms with van der Waals surface area (Å²) in [5, 5.41) is 25.0. The lowest BCUT2D eigenvalue weighted by atomic mass is 10.1. The van der Waals surface area contributed by atoms with Gasteiger partial charge in [0.25, 0.3) is 11.6 Å². The molecule has 0 atom stereocenters. The first kappa shape index (κ1) is 21.1. The summed E-state index contributed by atoms with van der Waals surface area (Å²) in [6.07, 6.45) is 2.07. The van der Waals surface area contributed by atoms with Crippen LogP contribution in [0.2, 0.25) is 0 Å². The molecule has 0 spiro atoms. The molecular weight excluding hydrogens is 406 g/mol. The highest BCUT2D eigenvalue weighted by Crippen LogP contribution is 2.28. The first-order chi connectivity index (χ1) is 14.5. The lowest BCUT2D eigenvalue weighted by Gasteiger charge is -2.10. The zero-order valence-corrected chi connectivity index (χ0v) is 16.9. The Balaban J connectivity index is 1.71. The van der Waals surface area contributed by atoms with Crippen LogP contribution in [0.5, 0.6) is 0 Å². The first-order valence-corrected chi connectivity index (χ1v) is 10.1. The van der Waals surface area contributed by atoms with Crippen molar-refractivity contribution < 1.29 is 14.5 Å². The number of carbonyl (C=O) groups is 2. The Morgan fingerprint density at radius 2 is 1.80 bits per heavy atom. The van der Waals surface area contributed by atoms with Crippen molar-refractivity contribution in [3.05, 3.63) is 64.2 Å². The molecule has 3 rings (SSSR count). The second-order valence-corrected chi connectivity index (χ2v) is 7.35. The van der Waals surface area contributed by atoms with E-state index < -0.39 is 10.8 Å². The van der Waals surface area contributed by atoms with Gasteiger partial charge in [-0.15, -0.1) is 10.2 Å². The van der Waals surface area contributed by atoms with Crippen LogP contribution in [0.25, 0.3) is 10.6 Å². The number of carbonyl (C=O) groups excluding carboxylic acids is 2. The predicted octanol–water partition coefficient (Wildman–Crippen LogP) is 4.49. The molecule has 1 heterocycles. The van der Waals surface area contributed by atoms with Crippen molar-refractivity contribution in [2.45, 2.75) is 26.2 Å². The van der Waals surface area contributed by atoms with Gasteiger partial charge in [-0.1, -0.05) is 36.8 Å². The monoisotopic (exact) mass is 425 g/mol. The van der Waals surface area contributed by atoms with Crippen molar-refractivity contribution in [3.8, 4) is 10.6 Å². The minimum atomic E-state index is -0.478. The molecule has 154 valence electrons. The molecule has 0 saturated heterocycles. The van der Waals surface area contributed by atoms with Crippen molar-refractivity contribution in [2.24, 2.45) is 0 Å². The van der Waals surface area contributed by atoms with Crippen LogP contribution in [0.15, 0.2) is 48.5 Å². The number of benzene rings is 2. The molecule has 2 amide bonds. The Hall–Kier alpha value is -3.66. The van der Waals surface area contributed by atoms with Crippen LogP contribution in [0, 0.1) is 10.1 Å². The highest BCUT2D eigenvalue weighted by molar-refractivity contribution is 7.18. The van der Waals surface area contributed by atoms with E-state index in [0.29, 0.717) is 28.2 Å². The maximum atomic E-state index is 12.7. The van der Waals surface area contributed by atoms with E-state index >= 15 is 0 Å². The van der Waals surface area contributed by atoms with Gasteiger partial charge in [0.05, 0.1) is 16.2 Å². The second-order valence-electron chi connectivity index (χ2n) is 6.37. The van der Waals surface area contributed by atoms with Gasteiger partial charge in [0, 0.05) is 24.1 Å². The SMILES string of the molecule is CCCCC(=O)Nc1ccccc1C(=O)Nc1nnc(-c2ccc([N+](=O)[O-])cc2)s1. The van der Waals surface area contributed by atoms with E-state index in [2.05, 4.69) is 20.8 Å². The average molecular weight is 425 g/mol. The third-order valence-electron chi connectivity index (χ3n) is 4.17. The number of amides is 2. The Morgan fingerprint density at radius 3 is 2.50 bits per heavy atom. The Bertz CT molecular complexity index is 1070. The number of rotatable bonds is 8. The number of para-hydroxylation sites is 1. The first-order valence-electron chi connectivity index (χ1n) is 9.26. The van der Waals surface area contributed by atoms with Crippen molar-refractivity contribution in [1.29, 1.82) is 0 Å². The lowest BCUT2D eigenvalue weighted by Crippen LogP contribution is -2.18. The second kappa shape index (κ2) is 9.70. The summed E-state index contributed by atoms with van der Waals surface area (Å²) >= 11 is 1.14. The van der Waals surface area contributed by atoms with Crippen LogP contribution in [0.4, 0.5) is 16.5 Å². The fraction of sp³-hybridized carbons (Fsp3) is 0.200. The van der Waals surface area contributed by atoms with Gasteiger partial charge in [-0.2, -0.15) is 0 Å². The summed E-state index contributed by atoms with van der Waals surface area (Å²) in [7, 11) is 0. The highest BCUT2D eigenvalue weighted by Gasteiger charge is 2.16. The van der Waals surface area contributed by atoms with E-state index in [4.69, 9.17) is 0 Å². The molecule has 10 heteroatoms. The molecule has 0 saturated carbocycles. The zero-order chi connectivity index (χ0) is 21.5. The van der Waals surface area contributed by atoms with Crippen molar-refractivity contribution in [3.63, 3.8) is 0 Å². The van der Waals surface area contributed by atoms with Crippen molar-refractivity contribution in [1.82, 2.24) is 10.2 Å². The molecule has 3 aromatic rings. The van der Waals surface area contributed by atoms with Gasteiger partial charge in [-0.3, -0.25) is 25.0 Å². The van der Waals surface area contributed by atoms with Crippen LogP contribution in [0.1, 0.15) is 36.5 Å². The summed E-state index contributed by atoms with van der Waals surface area (Å²) in [4.78, 5) is 35.0. The number of nitro groups is 1. The largest absolute Gasteiger partial charge is 0.325 e. The summed E-state index contributed by atoms with van der Waals surface area (Å²) in [5.41, 5.74) is 1.38. The Labute approximate surface area is 176 Å². The number of nitro benzene ring substituents is 1. The van der Waals surface area contributed by atoms with Gasteiger partial charge >= 0.3 is 0 Å². The number of aromatic nitrogens is 2. The zero-order valence-electron chi connectivity index (χ0n) is 16.1. The number of nitrogens with one attached hydrogen (secondary N) is 2. The standard InChI is InChI=1S/C20H19N5O4S/c1-2-3-8-17(26)21-16-7-5-4-6-15(16)18(27)22-20-24-23-19(30-20)13-9-11-14(12-10-13)25(28)29/h4-7,9-12H,2-3,8H2,1H3,(H,21,26)(H,22,24,27). The van der Waals surface area contributed by atoms with Crippen molar-refractivity contribution >= 4 is 39.7 Å². The molecule has 2 N–H and O–H groups in total. The lowest BCUT2D eigenvalue weighted by molar-refractivity contribution is -0.384. The quantitative estimate of drug-likeness (QED) is 0.404. The minimum Gasteiger partial charge on any atom is -0.325 e. The van der Waals surface area contributed by atoms with Gasteiger partial charge in [-0.05, 0) is 30.7 Å². The molecule has 2 aromatic carbocycles. The van der Waals surface area contributed by atoms with E-state index in [1.807, 2.05) is 6.92 Å². The van der Waals surface area contributed by atoms with Gasteiger partial charge in [0.15, 0.2) is 0 Å². The molecule has 0 aliphatic carbocycles. The van der Waals surface area contributed by atoms with E-state index in [-0.39, 0.29) is 16.7 Å². The maximum Gasteiger partial charge on any atom is 0.269 e. The smallest absolute Gasteiger partial charge is 0.269 e. The number of hydrogen-bond donors (Lipinski definition) is 2. The molecular formula is C20H19N5O4S. The van der Waals surface area contributed by atoms with Crippen molar-refractivity contribution in [2.75, 3.05) is 10.6 Å². The van der Waals surface area contributed by atoms with E-state index in [1.54, 1.807) is 36.4 Å². The number of non-ortho nitro benzene ring substituents is 1. The maximum absolute atomic E-state index is 12.7. The topological polar surface area (TPSA) is 127 Å². The van der Waals surface area contributed by atoms with Gasteiger partial charge < -0.3 is 5.32 Å². The molecule has 0 fully saturated rings. The van der Waals surface area contributed by atoms with E-state index in [1.165, 1.54) is 12.1 Å². The van der Waals surface area contributed by atoms with E-state index in [9.17, 15) is 19.7 Å². The Morgan fingerprint density at radius 1 is 1.07 bits per heavy atom. The number of nitrogens with zero attached hydrogens (tertiary/aromatic N) is 3. The molecule has 0 bridgehead atoms.